The zero-order valence-electron chi connectivity index (χ0n) is 17.1. The molecule has 0 saturated carbocycles. The first kappa shape index (κ1) is 23.2. The van der Waals surface area contributed by atoms with Gasteiger partial charge in [0.05, 0.1) is 17.4 Å². The van der Waals surface area contributed by atoms with E-state index in [2.05, 4.69) is 9.98 Å². The van der Waals surface area contributed by atoms with Gasteiger partial charge in [-0.05, 0) is 31.0 Å². The summed E-state index contributed by atoms with van der Waals surface area (Å²) in [5.74, 6) is -1.76. The molecule has 0 bridgehead atoms. The van der Waals surface area contributed by atoms with E-state index in [9.17, 15) is 17.2 Å². The molecule has 6 nitrogen and oxygen atoms in total. The molecule has 4 rings (SSSR count). The number of aromatic nitrogens is 1. The zero-order valence-corrected chi connectivity index (χ0v) is 19.5. The highest BCUT2D eigenvalue weighted by Gasteiger charge is 2.57. The normalized spacial score (nSPS) is 26.8. The third-order valence-electron chi connectivity index (χ3n) is 5.93. The van der Waals surface area contributed by atoms with Crippen molar-refractivity contribution in [1.82, 2.24) is 4.98 Å². The fraction of sp³-hybridized carbons (Fsp3) is 0.381. The Morgan fingerprint density at radius 2 is 2.06 bits per heavy atom. The second-order valence-corrected chi connectivity index (χ2v) is 11.5. The van der Waals surface area contributed by atoms with E-state index in [0.717, 1.165) is 6.07 Å². The zero-order chi connectivity index (χ0) is 23.3. The monoisotopic (exact) mass is 499 g/mol. The number of ether oxygens (including phenoxy) is 1. The molecule has 32 heavy (non-hydrogen) atoms. The number of thiocarbonyl (C=S) groups is 1. The molecule has 1 aromatic heterocycles. The van der Waals surface area contributed by atoms with Crippen LogP contribution >= 0.6 is 23.8 Å². The van der Waals surface area contributed by atoms with E-state index in [4.69, 9.17) is 34.3 Å². The molecule has 3 heterocycles. The number of hydrogen-bond acceptors (Lipinski definition) is 7. The van der Waals surface area contributed by atoms with Crippen LogP contribution in [0.15, 0.2) is 35.5 Å². The molecule has 1 saturated heterocycles. The van der Waals surface area contributed by atoms with Gasteiger partial charge < -0.3 is 10.5 Å². The van der Waals surface area contributed by atoms with Gasteiger partial charge in [0.25, 0.3) is 0 Å². The second-order valence-electron chi connectivity index (χ2n) is 8.22. The van der Waals surface area contributed by atoms with E-state index >= 15 is 0 Å². The van der Waals surface area contributed by atoms with Crippen molar-refractivity contribution in [2.24, 2.45) is 10.7 Å². The Hall–Kier alpha value is -2.01. The van der Waals surface area contributed by atoms with Crippen LogP contribution in [-0.4, -0.2) is 47.8 Å². The van der Waals surface area contributed by atoms with Gasteiger partial charge in [0.2, 0.25) is 0 Å². The smallest absolute Gasteiger partial charge is 0.168 e. The minimum absolute atomic E-state index is 0.0211. The quantitative estimate of drug-likeness (QED) is 0.513. The fourth-order valence-electron chi connectivity index (χ4n) is 4.18. The molecule has 2 N–H and O–H groups in total. The van der Waals surface area contributed by atoms with E-state index in [1.165, 1.54) is 31.3 Å². The summed E-state index contributed by atoms with van der Waals surface area (Å²) in [6.45, 7) is 1.74. The lowest BCUT2D eigenvalue weighted by atomic mass is 9.90. The van der Waals surface area contributed by atoms with Crippen LogP contribution in [0, 0.1) is 11.6 Å². The van der Waals surface area contributed by atoms with Crippen molar-refractivity contribution in [3.05, 3.63) is 63.9 Å². The number of nitrogens with two attached hydrogens (primary N) is 1. The Kier molecular flexibility index (Phi) is 5.85. The molecule has 0 radical (unpaired) electrons. The molecular formula is C21H20ClF2N3O3S2. The van der Waals surface area contributed by atoms with Crippen molar-refractivity contribution in [2.45, 2.75) is 30.1 Å². The van der Waals surface area contributed by atoms with Gasteiger partial charge in [-0.3, -0.25) is 9.98 Å². The van der Waals surface area contributed by atoms with Crippen molar-refractivity contribution in [1.29, 1.82) is 0 Å². The molecule has 2 aliphatic heterocycles. The lowest BCUT2D eigenvalue weighted by Crippen LogP contribution is -2.58. The van der Waals surface area contributed by atoms with E-state index in [1.54, 1.807) is 0 Å². The summed E-state index contributed by atoms with van der Waals surface area (Å²) in [6, 6.07) is 5.32. The van der Waals surface area contributed by atoms with Gasteiger partial charge in [-0.15, -0.1) is 0 Å². The van der Waals surface area contributed by atoms with Crippen molar-refractivity contribution in [3.8, 4) is 0 Å². The van der Waals surface area contributed by atoms with Crippen molar-refractivity contribution >= 4 is 44.4 Å². The Bertz CT molecular complexity index is 1250. The third kappa shape index (κ3) is 3.83. The number of hydrogen-bond donors (Lipinski definition) is 1. The molecule has 1 spiro atoms. The van der Waals surface area contributed by atoms with Crippen molar-refractivity contribution < 1.29 is 21.9 Å². The summed E-state index contributed by atoms with van der Waals surface area (Å²) in [5.41, 5.74) is 5.30. The van der Waals surface area contributed by atoms with Crippen LogP contribution in [0.4, 0.5) is 8.78 Å². The fourth-order valence-corrected chi connectivity index (χ4v) is 6.90. The molecule has 170 valence electrons. The molecular weight excluding hydrogens is 480 g/mol. The van der Waals surface area contributed by atoms with Crippen LogP contribution < -0.4 is 5.73 Å². The van der Waals surface area contributed by atoms with E-state index < -0.39 is 37.5 Å². The van der Waals surface area contributed by atoms with Gasteiger partial charge in [0.15, 0.2) is 20.4 Å². The summed E-state index contributed by atoms with van der Waals surface area (Å²) in [5, 5.41) is 0.144. The second kappa shape index (κ2) is 8.09. The highest BCUT2D eigenvalue weighted by atomic mass is 35.5. The summed E-state index contributed by atoms with van der Waals surface area (Å²) in [4.78, 5) is 8.59. The number of sulfone groups is 1. The summed E-state index contributed by atoms with van der Waals surface area (Å²) >= 11 is 11.1. The maximum atomic E-state index is 14.9. The Morgan fingerprint density at radius 1 is 1.31 bits per heavy atom. The van der Waals surface area contributed by atoms with E-state index in [0.29, 0.717) is 5.56 Å². The molecule has 2 atom stereocenters. The van der Waals surface area contributed by atoms with Crippen LogP contribution in [0.2, 0.25) is 5.02 Å². The highest BCUT2D eigenvalue weighted by Crippen LogP contribution is 2.41. The van der Waals surface area contributed by atoms with Crippen LogP contribution in [-0.2, 0) is 26.5 Å². The molecule has 2 aliphatic rings. The first-order valence-electron chi connectivity index (χ1n) is 9.76. The summed E-state index contributed by atoms with van der Waals surface area (Å²) in [6.07, 6.45) is 1.60. The van der Waals surface area contributed by atoms with Gasteiger partial charge in [0, 0.05) is 29.7 Å². The van der Waals surface area contributed by atoms with Crippen LogP contribution in [0.5, 0.6) is 0 Å². The van der Waals surface area contributed by atoms with Gasteiger partial charge in [-0.2, -0.15) is 0 Å². The minimum atomic E-state index is -3.78. The number of benzene rings is 1. The molecule has 2 aromatic rings. The SMILES string of the molecule is C[C@@]1(c2cc(CC(=S)c3ncc(Cl)cc3F)ccc2F)CS(=O)(=O)[C@@]2(CCOC2)C(N)=N1. The highest BCUT2D eigenvalue weighted by molar-refractivity contribution is 7.93. The standard InChI is InChI=1S/C21H20ClF2N3O3S2/c1-20(11-32(28,29)21(19(25)27-20)4-5-30-10-21)14-6-12(2-3-15(14)23)7-17(31)18-16(24)8-13(22)9-26-18/h2-3,6,8-9H,4-5,7,10-11H2,1H3,(H2,25,27)/t20-,21+/m0/s1. The topological polar surface area (TPSA) is 94.6 Å². The number of halogens is 3. The Labute approximate surface area is 194 Å². The number of nitrogens with zero attached hydrogens (tertiary/aromatic N) is 2. The molecule has 0 unspecified atom stereocenters. The van der Waals surface area contributed by atoms with E-state index in [-0.39, 0.29) is 53.0 Å². The van der Waals surface area contributed by atoms with Gasteiger partial charge >= 0.3 is 0 Å². The molecule has 11 heteroatoms. The third-order valence-corrected chi connectivity index (χ3v) is 9.14. The predicted molar refractivity (Wildman–Crippen MR) is 122 cm³/mol. The number of rotatable bonds is 4. The van der Waals surface area contributed by atoms with Gasteiger partial charge in [0.1, 0.15) is 22.9 Å². The first-order valence-corrected chi connectivity index (χ1v) is 12.2. The molecule has 0 aliphatic carbocycles. The Balaban J connectivity index is 1.70. The Morgan fingerprint density at radius 3 is 2.69 bits per heavy atom. The van der Waals surface area contributed by atoms with Gasteiger partial charge in [-0.25, -0.2) is 17.2 Å². The van der Waals surface area contributed by atoms with Crippen LogP contribution in [0.1, 0.15) is 30.2 Å². The van der Waals surface area contributed by atoms with Crippen LogP contribution in [0.25, 0.3) is 0 Å². The summed E-state index contributed by atoms with van der Waals surface area (Å²) < 4.78 is 59.3. The maximum absolute atomic E-state index is 14.9. The lowest BCUT2D eigenvalue weighted by Gasteiger charge is -2.39. The largest absolute Gasteiger partial charge is 0.386 e. The average molecular weight is 500 g/mol. The number of pyridine rings is 1. The molecule has 1 fully saturated rings. The number of aliphatic imine (C=N–C) groups is 1. The lowest BCUT2D eigenvalue weighted by molar-refractivity contribution is 0.194. The number of amidine groups is 1. The van der Waals surface area contributed by atoms with E-state index in [1.807, 2.05) is 0 Å². The van der Waals surface area contributed by atoms with Gasteiger partial charge in [-0.1, -0.05) is 36.0 Å². The average Bonchev–Trinajstić information content (AvgIpc) is 3.19. The summed E-state index contributed by atoms with van der Waals surface area (Å²) in [7, 11) is -3.78. The molecule has 0 amide bonds. The van der Waals surface area contributed by atoms with Crippen molar-refractivity contribution in [3.63, 3.8) is 0 Å². The molecule has 1 aromatic carbocycles. The van der Waals surface area contributed by atoms with Crippen LogP contribution in [0.3, 0.4) is 0 Å². The van der Waals surface area contributed by atoms with Crippen molar-refractivity contribution in [2.75, 3.05) is 19.0 Å². The maximum Gasteiger partial charge on any atom is 0.168 e. The predicted octanol–water partition coefficient (Wildman–Crippen LogP) is 3.13. The first-order chi connectivity index (χ1) is 15.0. The minimum Gasteiger partial charge on any atom is -0.386 e.